The van der Waals surface area contributed by atoms with E-state index in [0.29, 0.717) is 23.6 Å². The highest BCUT2D eigenvalue weighted by molar-refractivity contribution is 14.1. The quantitative estimate of drug-likeness (QED) is 0.210. The fourth-order valence-corrected chi connectivity index (χ4v) is 3.63. The van der Waals surface area contributed by atoms with Crippen LogP contribution in [0.2, 0.25) is 0 Å². The average molecular weight is 596 g/mol. The van der Waals surface area contributed by atoms with Crippen LogP contribution in [-0.2, 0) is 11.8 Å². The normalized spacial score (nSPS) is 13.1. The van der Waals surface area contributed by atoms with Crippen LogP contribution >= 0.6 is 22.6 Å². The summed E-state index contributed by atoms with van der Waals surface area (Å²) < 4.78 is 26.5. The van der Waals surface area contributed by atoms with Crippen molar-refractivity contribution in [2.75, 3.05) is 19.0 Å². The molecule has 0 saturated heterocycles. The van der Waals surface area contributed by atoms with Crippen molar-refractivity contribution in [1.82, 2.24) is 25.1 Å². The van der Waals surface area contributed by atoms with Gasteiger partial charge in [-0.05, 0) is 44.9 Å². The molecule has 2 N–H and O–H groups in total. The molecule has 188 valence electrons. The third-order valence-corrected chi connectivity index (χ3v) is 6.46. The number of ether oxygens (including phenoxy) is 2. The lowest BCUT2D eigenvalue weighted by Gasteiger charge is -2.30. The highest BCUT2D eigenvalue weighted by Gasteiger charge is 2.29. The van der Waals surface area contributed by atoms with Gasteiger partial charge < -0.3 is 20.1 Å². The number of benzene rings is 1. The minimum Gasteiger partial charge on any atom is -0.496 e. The molecule has 0 spiro atoms. The molecule has 0 aliphatic heterocycles. The first-order chi connectivity index (χ1) is 16.4. The Morgan fingerprint density at radius 2 is 1.97 bits per heavy atom. The molecule has 0 radical (unpaired) electrons. The van der Waals surface area contributed by atoms with E-state index in [2.05, 4.69) is 48.3 Å². The molecule has 9 nitrogen and oxygen atoms in total. The van der Waals surface area contributed by atoms with Gasteiger partial charge in [-0.3, -0.25) is 4.68 Å². The van der Waals surface area contributed by atoms with Gasteiger partial charge in [-0.25, -0.2) is 19.2 Å². The van der Waals surface area contributed by atoms with E-state index in [1.54, 1.807) is 38.8 Å². The first-order valence-electron chi connectivity index (χ1n) is 11.1. The van der Waals surface area contributed by atoms with Crippen LogP contribution in [0.25, 0.3) is 22.5 Å². The van der Waals surface area contributed by atoms with Gasteiger partial charge in [0.05, 0.1) is 25.1 Å². The molecular weight excluding hydrogens is 566 g/mol. The third-order valence-electron chi connectivity index (χ3n) is 5.04. The molecule has 0 saturated carbocycles. The summed E-state index contributed by atoms with van der Waals surface area (Å²) in [6, 6.07) is 5.61. The van der Waals surface area contributed by atoms with Crippen molar-refractivity contribution in [2.24, 2.45) is 7.05 Å². The molecular formula is C24H30FIN6O3. The van der Waals surface area contributed by atoms with E-state index in [4.69, 9.17) is 9.47 Å². The van der Waals surface area contributed by atoms with Crippen molar-refractivity contribution >= 4 is 34.5 Å². The summed E-state index contributed by atoms with van der Waals surface area (Å²) in [6.45, 7) is 7.51. The maximum atomic E-state index is 14.6. The van der Waals surface area contributed by atoms with Gasteiger partial charge in [0.15, 0.2) is 17.5 Å². The number of alkyl carbamates (subject to hydrolysis) is 1. The van der Waals surface area contributed by atoms with Crippen LogP contribution in [0.15, 0.2) is 36.8 Å². The van der Waals surface area contributed by atoms with Crippen LogP contribution in [0, 0.1) is 5.82 Å². The Morgan fingerprint density at radius 1 is 1.23 bits per heavy atom. The zero-order chi connectivity index (χ0) is 25.8. The number of halogens is 2. The van der Waals surface area contributed by atoms with Crippen LogP contribution < -0.4 is 15.4 Å². The number of alkyl halides is 1. The van der Waals surface area contributed by atoms with E-state index < -0.39 is 21.1 Å². The number of anilines is 1. The van der Waals surface area contributed by atoms with E-state index in [1.807, 2.05) is 38.4 Å². The Hall–Kier alpha value is -2.96. The van der Waals surface area contributed by atoms with E-state index >= 15 is 0 Å². The van der Waals surface area contributed by atoms with Gasteiger partial charge in [0.1, 0.15) is 14.9 Å². The monoisotopic (exact) mass is 596 g/mol. The third kappa shape index (κ3) is 7.03. The van der Waals surface area contributed by atoms with Gasteiger partial charge in [0.2, 0.25) is 0 Å². The standard InChI is InChI=1S/C24H30FIN6O3/c1-7-24(26,31-22(33)35-23(2,3)4)14-28-21-18(25)12-27-20(30-21)17-10-15(8-9-19(17)34-6)16-11-29-32(5)13-16/h8-13H,7,14H2,1-6H3,(H,31,33)(H,27,28,30)/t24-/m0/s1. The lowest BCUT2D eigenvalue weighted by Crippen LogP contribution is -2.49. The molecule has 0 unspecified atom stereocenters. The van der Waals surface area contributed by atoms with Crippen molar-refractivity contribution in [3.8, 4) is 28.3 Å². The van der Waals surface area contributed by atoms with Gasteiger partial charge in [0, 0.05) is 25.4 Å². The highest BCUT2D eigenvalue weighted by atomic mass is 127. The summed E-state index contributed by atoms with van der Waals surface area (Å²) >= 11 is 2.12. The molecule has 2 heterocycles. The molecule has 3 rings (SSSR count). The number of aryl methyl sites for hydroxylation is 1. The Kier molecular flexibility index (Phi) is 8.18. The van der Waals surface area contributed by atoms with Gasteiger partial charge in [-0.15, -0.1) is 0 Å². The van der Waals surface area contributed by atoms with Gasteiger partial charge in [-0.1, -0.05) is 35.6 Å². The number of carbonyl (C=O) groups is 1. The number of nitrogens with zero attached hydrogens (tertiary/aromatic N) is 4. The first-order valence-corrected chi connectivity index (χ1v) is 12.1. The van der Waals surface area contributed by atoms with E-state index in [0.717, 1.165) is 17.3 Å². The lowest BCUT2D eigenvalue weighted by molar-refractivity contribution is 0.0501. The predicted octanol–water partition coefficient (Wildman–Crippen LogP) is 5.17. The molecule has 0 fully saturated rings. The number of amides is 1. The smallest absolute Gasteiger partial charge is 0.408 e. The molecule has 0 aliphatic carbocycles. The molecule has 11 heteroatoms. The summed E-state index contributed by atoms with van der Waals surface area (Å²) in [5, 5.41) is 10.1. The van der Waals surface area contributed by atoms with E-state index in [9.17, 15) is 9.18 Å². The van der Waals surface area contributed by atoms with Crippen molar-refractivity contribution in [1.29, 1.82) is 0 Å². The number of aromatic nitrogens is 4. The molecule has 3 aromatic rings. The Morgan fingerprint density at radius 3 is 2.57 bits per heavy atom. The minimum absolute atomic E-state index is 0.0179. The molecule has 1 atom stereocenters. The van der Waals surface area contributed by atoms with Gasteiger partial charge in [-0.2, -0.15) is 5.10 Å². The van der Waals surface area contributed by atoms with Crippen LogP contribution in [0.4, 0.5) is 15.0 Å². The summed E-state index contributed by atoms with van der Waals surface area (Å²) in [7, 11) is 3.40. The molecule has 2 aromatic heterocycles. The van der Waals surface area contributed by atoms with Crippen LogP contribution in [-0.4, -0.2) is 48.6 Å². The van der Waals surface area contributed by atoms with Gasteiger partial charge in [0.25, 0.3) is 0 Å². The van der Waals surface area contributed by atoms with E-state index in [1.165, 1.54) is 0 Å². The minimum atomic E-state index is -0.727. The fraction of sp³-hybridized carbons (Fsp3) is 0.417. The number of hydrogen-bond acceptors (Lipinski definition) is 7. The molecule has 0 aliphatic rings. The molecule has 1 aromatic carbocycles. The van der Waals surface area contributed by atoms with Crippen LogP contribution in [0.5, 0.6) is 5.75 Å². The summed E-state index contributed by atoms with van der Waals surface area (Å²) in [5.41, 5.74) is 1.80. The Balaban J connectivity index is 1.85. The van der Waals surface area contributed by atoms with Crippen molar-refractivity contribution < 1.29 is 18.7 Å². The summed E-state index contributed by atoms with van der Waals surface area (Å²) in [5.74, 6) is 0.262. The average Bonchev–Trinajstić information content (AvgIpc) is 3.23. The number of carbonyl (C=O) groups excluding carboxylic acids is 1. The fourth-order valence-electron chi connectivity index (χ4n) is 3.22. The van der Waals surface area contributed by atoms with E-state index in [-0.39, 0.29) is 12.4 Å². The van der Waals surface area contributed by atoms with Gasteiger partial charge >= 0.3 is 6.09 Å². The second-order valence-electron chi connectivity index (χ2n) is 9.01. The second kappa shape index (κ2) is 10.8. The van der Waals surface area contributed by atoms with Crippen LogP contribution in [0.3, 0.4) is 0 Å². The lowest BCUT2D eigenvalue weighted by atomic mass is 10.0. The SMILES string of the molecule is CC[C@@](I)(CNc1nc(-c2cc(-c3cnn(C)c3)ccc2OC)ncc1F)NC(=O)OC(C)(C)C. The summed E-state index contributed by atoms with van der Waals surface area (Å²) in [4.78, 5) is 20.9. The number of hydrogen-bond donors (Lipinski definition) is 2. The topological polar surface area (TPSA) is 103 Å². The molecule has 1 amide bonds. The number of rotatable bonds is 8. The van der Waals surface area contributed by atoms with Crippen molar-refractivity contribution in [2.45, 2.75) is 43.3 Å². The Bertz CT molecular complexity index is 1200. The number of nitrogens with one attached hydrogen (secondary N) is 2. The summed E-state index contributed by atoms with van der Waals surface area (Å²) in [6.07, 6.45) is 4.79. The zero-order valence-corrected chi connectivity index (χ0v) is 22.8. The molecule has 35 heavy (non-hydrogen) atoms. The maximum absolute atomic E-state index is 14.6. The second-order valence-corrected chi connectivity index (χ2v) is 11.1. The number of methoxy groups -OCH3 is 1. The maximum Gasteiger partial charge on any atom is 0.408 e. The van der Waals surface area contributed by atoms with Crippen molar-refractivity contribution in [3.63, 3.8) is 0 Å². The first kappa shape index (κ1) is 26.6. The largest absolute Gasteiger partial charge is 0.496 e. The predicted molar refractivity (Wildman–Crippen MR) is 141 cm³/mol. The van der Waals surface area contributed by atoms with Crippen LogP contribution in [0.1, 0.15) is 34.1 Å². The van der Waals surface area contributed by atoms with Crippen molar-refractivity contribution in [3.05, 3.63) is 42.6 Å². The Labute approximate surface area is 218 Å². The zero-order valence-electron chi connectivity index (χ0n) is 20.6. The molecule has 0 bridgehead atoms. The highest BCUT2D eigenvalue weighted by Crippen LogP contribution is 2.33.